The van der Waals surface area contributed by atoms with Gasteiger partial charge in [-0.1, -0.05) is 18.2 Å². The maximum Gasteiger partial charge on any atom is 0.269 e. The second-order valence-corrected chi connectivity index (χ2v) is 4.49. The van der Waals surface area contributed by atoms with Crippen LogP contribution in [0.15, 0.2) is 42.5 Å². The van der Waals surface area contributed by atoms with Gasteiger partial charge in [-0.25, -0.2) is 4.39 Å². The Kier molecular flexibility index (Phi) is 4.84. The molecule has 0 saturated carbocycles. The topological polar surface area (TPSA) is 64.4 Å². The van der Waals surface area contributed by atoms with E-state index in [0.717, 1.165) is 5.56 Å². The van der Waals surface area contributed by atoms with Crippen molar-refractivity contribution in [2.24, 2.45) is 0 Å². The number of nitro groups is 1. The normalized spacial score (nSPS) is 10.4. The molecule has 21 heavy (non-hydrogen) atoms. The molecule has 1 N–H and O–H groups in total. The van der Waals surface area contributed by atoms with Crippen LogP contribution in [0, 0.1) is 15.9 Å². The van der Waals surface area contributed by atoms with Crippen LogP contribution in [0.2, 0.25) is 0 Å². The number of hydrogen-bond acceptors (Lipinski definition) is 4. The van der Waals surface area contributed by atoms with Crippen molar-refractivity contribution in [3.8, 4) is 5.75 Å². The molecule has 0 bridgehead atoms. The summed E-state index contributed by atoms with van der Waals surface area (Å²) in [6, 6.07) is 11.0. The van der Waals surface area contributed by atoms with Gasteiger partial charge in [0.1, 0.15) is 11.6 Å². The number of halogens is 1. The van der Waals surface area contributed by atoms with Gasteiger partial charge in [0.15, 0.2) is 0 Å². The molecule has 0 heterocycles. The van der Waals surface area contributed by atoms with Crippen LogP contribution in [0.3, 0.4) is 0 Å². The lowest BCUT2D eigenvalue weighted by molar-refractivity contribution is -0.384. The predicted molar refractivity (Wildman–Crippen MR) is 76.6 cm³/mol. The average molecular weight is 290 g/mol. The van der Waals surface area contributed by atoms with E-state index in [4.69, 9.17) is 4.74 Å². The standard InChI is InChI=1S/C15H15FN2O3/c1-21-14-6-5-12(15(16)8-14)10-17-9-11-3-2-4-13(7-11)18(19)20/h2-8,17H,9-10H2,1H3. The van der Waals surface area contributed by atoms with Crippen LogP contribution in [0.5, 0.6) is 5.75 Å². The first kappa shape index (κ1) is 14.9. The average Bonchev–Trinajstić information content (AvgIpc) is 2.49. The zero-order valence-electron chi connectivity index (χ0n) is 11.5. The lowest BCUT2D eigenvalue weighted by Crippen LogP contribution is -2.13. The summed E-state index contributed by atoms with van der Waals surface area (Å²) in [6.07, 6.45) is 0. The highest BCUT2D eigenvalue weighted by Crippen LogP contribution is 2.16. The number of non-ortho nitro benzene ring substituents is 1. The Morgan fingerprint density at radius 3 is 2.71 bits per heavy atom. The number of benzene rings is 2. The molecule has 2 aromatic carbocycles. The lowest BCUT2D eigenvalue weighted by Gasteiger charge is -2.07. The van der Waals surface area contributed by atoms with E-state index in [1.807, 2.05) is 0 Å². The van der Waals surface area contributed by atoms with Gasteiger partial charge in [-0.3, -0.25) is 10.1 Å². The number of rotatable bonds is 6. The number of hydrogen-bond donors (Lipinski definition) is 1. The minimum Gasteiger partial charge on any atom is -0.497 e. The van der Waals surface area contributed by atoms with Crippen molar-refractivity contribution < 1.29 is 14.1 Å². The number of ether oxygens (including phenoxy) is 1. The maximum absolute atomic E-state index is 13.7. The summed E-state index contributed by atoms with van der Waals surface area (Å²) in [6.45, 7) is 0.756. The molecule has 5 nitrogen and oxygen atoms in total. The third-order valence-corrected chi connectivity index (χ3v) is 3.03. The van der Waals surface area contributed by atoms with Gasteiger partial charge in [0, 0.05) is 36.9 Å². The molecule has 0 fully saturated rings. The van der Waals surface area contributed by atoms with Crippen molar-refractivity contribution in [2.45, 2.75) is 13.1 Å². The highest BCUT2D eigenvalue weighted by molar-refractivity contribution is 5.34. The number of nitro benzene ring substituents is 1. The Labute approximate surface area is 121 Å². The van der Waals surface area contributed by atoms with Crippen LogP contribution in [0.25, 0.3) is 0 Å². The van der Waals surface area contributed by atoms with Gasteiger partial charge in [0.25, 0.3) is 5.69 Å². The summed E-state index contributed by atoms with van der Waals surface area (Å²) < 4.78 is 18.7. The molecule has 0 aliphatic carbocycles. The van der Waals surface area contributed by atoms with E-state index in [9.17, 15) is 14.5 Å². The van der Waals surface area contributed by atoms with Crippen LogP contribution in [-0.2, 0) is 13.1 Å². The second-order valence-electron chi connectivity index (χ2n) is 4.49. The second kappa shape index (κ2) is 6.81. The summed E-state index contributed by atoms with van der Waals surface area (Å²) in [5, 5.41) is 13.7. The molecule has 6 heteroatoms. The van der Waals surface area contributed by atoms with Gasteiger partial charge < -0.3 is 10.1 Å². The predicted octanol–water partition coefficient (Wildman–Crippen LogP) is 3.03. The number of nitrogens with one attached hydrogen (secondary N) is 1. The van der Waals surface area contributed by atoms with E-state index in [0.29, 0.717) is 24.4 Å². The van der Waals surface area contributed by atoms with E-state index in [2.05, 4.69) is 5.32 Å². The fourth-order valence-electron chi connectivity index (χ4n) is 1.92. The van der Waals surface area contributed by atoms with Crippen LogP contribution in [0.4, 0.5) is 10.1 Å². The summed E-state index contributed by atoms with van der Waals surface area (Å²) in [5.74, 6) is 0.121. The summed E-state index contributed by atoms with van der Waals surface area (Å²) in [7, 11) is 1.48. The highest BCUT2D eigenvalue weighted by Gasteiger charge is 2.06. The fraction of sp³-hybridized carbons (Fsp3) is 0.200. The summed E-state index contributed by atoms with van der Waals surface area (Å²) in [5.41, 5.74) is 1.34. The van der Waals surface area contributed by atoms with Crippen LogP contribution in [-0.4, -0.2) is 12.0 Å². The first-order valence-electron chi connectivity index (χ1n) is 6.36. The molecular formula is C15H15FN2O3. The number of methoxy groups -OCH3 is 1. The van der Waals surface area contributed by atoms with Crippen molar-refractivity contribution >= 4 is 5.69 Å². The zero-order valence-corrected chi connectivity index (χ0v) is 11.5. The van der Waals surface area contributed by atoms with Gasteiger partial charge in [-0.2, -0.15) is 0 Å². The third-order valence-electron chi connectivity index (χ3n) is 3.03. The minimum atomic E-state index is -0.438. The van der Waals surface area contributed by atoms with Gasteiger partial charge in [0.05, 0.1) is 12.0 Å². The Morgan fingerprint density at radius 2 is 2.05 bits per heavy atom. The highest BCUT2D eigenvalue weighted by atomic mass is 19.1. The first-order valence-corrected chi connectivity index (χ1v) is 6.36. The van der Waals surface area contributed by atoms with E-state index >= 15 is 0 Å². The van der Waals surface area contributed by atoms with Gasteiger partial charge in [-0.15, -0.1) is 0 Å². The van der Waals surface area contributed by atoms with Gasteiger partial charge >= 0.3 is 0 Å². The molecule has 0 radical (unpaired) electrons. The quantitative estimate of drug-likeness (QED) is 0.656. The minimum absolute atomic E-state index is 0.0462. The molecule has 0 amide bonds. The Hall–Kier alpha value is -2.47. The van der Waals surface area contributed by atoms with Crippen LogP contribution >= 0.6 is 0 Å². The number of nitrogens with zero attached hydrogens (tertiary/aromatic N) is 1. The molecule has 0 spiro atoms. The van der Waals surface area contributed by atoms with Crippen molar-refractivity contribution in [3.05, 3.63) is 69.5 Å². The van der Waals surface area contributed by atoms with Gasteiger partial charge in [0.2, 0.25) is 0 Å². The van der Waals surface area contributed by atoms with E-state index in [1.54, 1.807) is 24.3 Å². The Morgan fingerprint density at radius 1 is 1.24 bits per heavy atom. The molecule has 110 valence electrons. The molecule has 2 rings (SSSR count). The summed E-state index contributed by atoms with van der Waals surface area (Å²) >= 11 is 0. The maximum atomic E-state index is 13.7. The largest absolute Gasteiger partial charge is 0.497 e. The van der Waals surface area contributed by atoms with Gasteiger partial charge in [-0.05, 0) is 11.6 Å². The van der Waals surface area contributed by atoms with E-state index in [1.165, 1.54) is 25.3 Å². The molecule has 0 atom stereocenters. The van der Waals surface area contributed by atoms with Crippen LogP contribution in [0.1, 0.15) is 11.1 Å². The van der Waals surface area contributed by atoms with Crippen molar-refractivity contribution in [1.82, 2.24) is 5.32 Å². The molecule has 0 aliphatic rings. The lowest BCUT2D eigenvalue weighted by atomic mass is 10.1. The molecule has 2 aromatic rings. The zero-order chi connectivity index (χ0) is 15.2. The summed E-state index contributed by atoms with van der Waals surface area (Å²) in [4.78, 5) is 10.2. The van der Waals surface area contributed by atoms with Crippen molar-refractivity contribution in [1.29, 1.82) is 0 Å². The molecule has 0 unspecified atom stereocenters. The van der Waals surface area contributed by atoms with Crippen molar-refractivity contribution in [3.63, 3.8) is 0 Å². The molecule has 0 saturated heterocycles. The molecular weight excluding hydrogens is 275 g/mol. The molecule has 0 aliphatic heterocycles. The van der Waals surface area contributed by atoms with Crippen LogP contribution < -0.4 is 10.1 Å². The SMILES string of the molecule is COc1ccc(CNCc2cccc([N+](=O)[O-])c2)c(F)c1. The smallest absolute Gasteiger partial charge is 0.269 e. The third kappa shape index (κ3) is 4.00. The monoisotopic (exact) mass is 290 g/mol. The Bertz CT molecular complexity index is 647. The Balaban J connectivity index is 1.95. The molecule has 0 aromatic heterocycles. The van der Waals surface area contributed by atoms with E-state index in [-0.39, 0.29) is 11.5 Å². The fourth-order valence-corrected chi connectivity index (χ4v) is 1.92. The first-order chi connectivity index (χ1) is 10.1. The van der Waals surface area contributed by atoms with E-state index < -0.39 is 4.92 Å². The van der Waals surface area contributed by atoms with Crippen molar-refractivity contribution in [2.75, 3.05) is 7.11 Å².